The van der Waals surface area contributed by atoms with Crippen LogP contribution >= 0.6 is 0 Å². The van der Waals surface area contributed by atoms with Gasteiger partial charge >= 0.3 is 0 Å². The van der Waals surface area contributed by atoms with E-state index in [1.165, 1.54) is 6.33 Å². The van der Waals surface area contributed by atoms with Gasteiger partial charge in [-0.2, -0.15) is 0 Å². The molecule has 0 saturated carbocycles. The smallest absolute Gasteiger partial charge is 0.138 e. The van der Waals surface area contributed by atoms with Crippen LogP contribution in [0.2, 0.25) is 0 Å². The molecule has 0 N–H and O–H groups in total. The van der Waals surface area contributed by atoms with Gasteiger partial charge in [-0.15, -0.1) is 5.10 Å². The molecule has 1 rings (SSSR count). The average Bonchev–Trinajstić information content (AvgIpc) is 2.51. The Kier molecular flexibility index (Phi) is 3.54. The Labute approximate surface area is 77.1 Å². The van der Waals surface area contributed by atoms with Crippen LogP contribution in [0.3, 0.4) is 0 Å². The summed E-state index contributed by atoms with van der Waals surface area (Å²) >= 11 is 0. The van der Waals surface area contributed by atoms with Crippen LogP contribution in [0.15, 0.2) is 6.33 Å². The summed E-state index contributed by atoms with van der Waals surface area (Å²) in [5.41, 5.74) is 0. The molecule has 1 heterocycles. The highest BCUT2D eigenvalue weighted by Crippen LogP contribution is 2.03. The lowest BCUT2D eigenvalue weighted by Gasteiger charge is -2.02. The van der Waals surface area contributed by atoms with Gasteiger partial charge in [0, 0.05) is 12.8 Å². The van der Waals surface area contributed by atoms with E-state index in [0.29, 0.717) is 25.3 Å². The van der Waals surface area contributed by atoms with Crippen LogP contribution in [0.4, 0.5) is 0 Å². The van der Waals surface area contributed by atoms with Gasteiger partial charge < -0.3 is 0 Å². The van der Waals surface area contributed by atoms with Gasteiger partial charge in [0.05, 0.1) is 6.54 Å². The van der Waals surface area contributed by atoms with E-state index in [0.717, 1.165) is 0 Å². The number of ketones is 1. The van der Waals surface area contributed by atoms with Crippen LogP contribution in [-0.4, -0.2) is 26.0 Å². The molecule has 5 heteroatoms. The quantitative estimate of drug-likeness (QED) is 0.671. The van der Waals surface area contributed by atoms with E-state index in [1.54, 1.807) is 4.68 Å². The lowest BCUT2D eigenvalue weighted by Crippen LogP contribution is -2.08. The second-order valence-corrected chi connectivity index (χ2v) is 3.46. The van der Waals surface area contributed by atoms with Gasteiger partial charge in [0.25, 0.3) is 0 Å². The van der Waals surface area contributed by atoms with E-state index < -0.39 is 0 Å². The summed E-state index contributed by atoms with van der Waals surface area (Å²) in [4.78, 5) is 11.3. The number of carbonyl (C=O) groups is 1. The molecule has 0 aliphatic rings. The molecule has 1 aromatic rings. The van der Waals surface area contributed by atoms with E-state index in [4.69, 9.17) is 0 Å². The van der Waals surface area contributed by atoms with Crippen LogP contribution in [0.25, 0.3) is 0 Å². The highest BCUT2D eigenvalue weighted by atomic mass is 16.1. The van der Waals surface area contributed by atoms with Gasteiger partial charge in [-0.3, -0.25) is 4.79 Å². The summed E-state index contributed by atoms with van der Waals surface area (Å²) in [7, 11) is 0. The predicted molar refractivity (Wildman–Crippen MR) is 46.9 cm³/mol. The molecule has 5 nitrogen and oxygen atoms in total. The van der Waals surface area contributed by atoms with E-state index in [9.17, 15) is 4.79 Å². The molecular formula is C8H14N4O. The topological polar surface area (TPSA) is 60.7 Å². The van der Waals surface area contributed by atoms with Crippen LogP contribution in [0.5, 0.6) is 0 Å². The van der Waals surface area contributed by atoms with Crippen molar-refractivity contribution in [2.75, 3.05) is 0 Å². The summed E-state index contributed by atoms with van der Waals surface area (Å²) in [6.07, 6.45) is 2.67. The number of aromatic nitrogens is 4. The average molecular weight is 182 g/mol. The number of tetrazole rings is 1. The summed E-state index contributed by atoms with van der Waals surface area (Å²) in [6.45, 7) is 4.66. The third kappa shape index (κ3) is 3.78. The van der Waals surface area contributed by atoms with Crippen molar-refractivity contribution in [3.8, 4) is 0 Å². The molecule has 0 aliphatic carbocycles. The van der Waals surface area contributed by atoms with Crippen molar-refractivity contribution in [3.63, 3.8) is 0 Å². The van der Waals surface area contributed by atoms with Crippen molar-refractivity contribution in [2.45, 2.75) is 33.2 Å². The fourth-order valence-corrected chi connectivity index (χ4v) is 1.08. The van der Waals surface area contributed by atoms with E-state index >= 15 is 0 Å². The zero-order chi connectivity index (χ0) is 9.68. The van der Waals surface area contributed by atoms with E-state index in [1.807, 2.05) is 13.8 Å². The zero-order valence-electron chi connectivity index (χ0n) is 7.97. The van der Waals surface area contributed by atoms with Gasteiger partial charge in [-0.1, -0.05) is 13.8 Å². The largest absolute Gasteiger partial charge is 0.300 e. The van der Waals surface area contributed by atoms with Gasteiger partial charge in [-0.05, 0) is 16.3 Å². The highest BCUT2D eigenvalue weighted by Gasteiger charge is 2.05. The van der Waals surface area contributed by atoms with Gasteiger partial charge in [0.15, 0.2) is 0 Å². The molecule has 0 saturated heterocycles. The maximum atomic E-state index is 11.3. The monoisotopic (exact) mass is 182 g/mol. The minimum atomic E-state index is 0.269. The van der Waals surface area contributed by atoms with E-state index in [-0.39, 0.29) is 5.78 Å². The highest BCUT2D eigenvalue weighted by molar-refractivity contribution is 5.78. The third-order valence-electron chi connectivity index (χ3n) is 1.65. The first-order valence-electron chi connectivity index (χ1n) is 4.41. The minimum absolute atomic E-state index is 0.269. The molecule has 1 aromatic heterocycles. The molecule has 0 atom stereocenters. The van der Waals surface area contributed by atoms with Crippen LogP contribution < -0.4 is 0 Å². The Morgan fingerprint density at radius 1 is 1.54 bits per heavy atom. The third-order valence-corrected chi connectivity index (χ3v) is 1.65. The second kappa shape index (κ2) is 4.69. The lowest BCUT2D eigenvalue weighted by atomic mass is 10.1. The van der Waals surface area contributed by atoms with Gasteiger partial charge in [0.1, 0.15) is 12.1 Å². The maximum absolute atomic E-state index is 11.3. The first-order chi connectivity index (χ1) is 6.18. The van der Waals surface area contributed by atoms with Crippen LogP contribution in [0.1, 0.15) is 26.7 Å². The SMILES string of the molecule is CC(C)CC(=O)CCn1cnnn1. The van der Waals surface area contributed by atoms with Crippen molar-refractivity contribution in [3.05, 3.63) is 6.33 Å². The summed E-state index contributed by atoms with van der Waals surface area (Å²) in [5, 5.41) is 10.6. The first-order valence-corrected chi connectivity index (χ1v) is 4.41. The fourth-order valence-electron chi connectivity index (χ4n) is 1.08. The molecule has 0 radical (unpaired) electrons. The number of rotatable bonds is 5. The second-order valence-electron chi connectivity index (χ2n) is 3.46. The Balaban J connectivity index is 2.23. The van der Waals surface area contributed by atoms with Crippen molar-refractivity contribution in [1.82, 2.24) is 20.2 Å². The number of carbonyl (C=O) groups excluding carboxylic acids is 1. The van der Waals surface area contributed by atoms with Gasteiger partial charge in [0.2, 0.25) is 0 Å². The number of nitrogens with zero attached hydrogens (tertiary/aromatic N) is 4. The standard InChI is InChI=1S/C8H14N4O/c1-7(2)5-8(13)3-4-12-6-9-10-11-12/h6-7H,3-5H2,1-2H3. The van der Waals surface area contributed by atoms with E-state index in [2.05, 4.69) is 15.5 Å². The molecule has 72 valence electrons. The van der Waals surface area contributed by atoms with Gasteiger partial charge in [-0.25, -0.2) is 4.68 Å². The van der Waals surface area contributed by atoms with Crippen molar-refractivity contribution < 1.29 is 4.79 Å². The van der Waals surface area contributed by atoms with Crippen molar-refractivity contribution in [2.24, 2.45) is 5.92 Å². The minimum Gasteiger partial charge on any atom is -0.300 e. The lowest BCUT2D eigenvalue weighted by molar-refractivity contribution is -0.120. The Morgan fingerprint density at radius 2 is 2.31 bits per heavy atom. The molecule has 13 heavy (non-hydrogen) atoms. The van der Waals surface area contributed by atoms with Crippen LogP contribution in [0, 0.1) is 5.92 Å². The molecule has 0 amide bonds. The molecular weight excluding hydrogens is 168 g/mol. The van der Waals surface area contributed by atoms with Crippen molar-refractivity contribution in [1.29, 1.82) is 0 Å². The number of Topliss-reactive ketones (excluding diaryl/α,β-unsaturated/α-hetero) is 1. The molecule has 0 unspecified atom stereocenters. The Morgan fingerprint density at radius 3 is 2.85 bits per heavy atom. The summed E-state index contributed by atoms with van der Waals surface area (Å²) in [5.74, 6) is 0.701. The summed E-state index contributed by atoms with van der Waals surface area (Å²) in [6, 6.07) is 0. The molecule has 0 aromatic carbocycles. The fraction of sp³-hybridized carbons (Fsp3) is 0.750. The predicted octanol–water partition coefficient (Wildman–Crippen LogP) is 0.678. The maximum Gasteiger partial charge on any atom is 0.138 e. The molecule has 0 bridgehead atoms. The molecule has 0 fully saturated rings. The number of aryl methyl sites for hydroxylation is 1. The Bertz CT molecular complexity index is 255. The normalized spacial score (nSPS) is 10.7. The summed E-state index contributed by atoms with van der Waals surface area (Å²) < 4.78 is 1.57. The molecule has 0 aliphatic heterocycles. The van der Waals surface area contributed by atoms with Crippen molar-refractivity contribution >= 4 is 5.78 Å². The Hall–Kier alpha value is -1.26. The zero-order valence-corrected chi connectivity index (χ0v) is 7.97. The first kappa shape index (κ1) is 9.83. The number of hydrogen-bond donors (Lipinski definition) is 0. The molecule has 0 spiro atoms. The number of hydrogen-bond acceptors (Lipinski definition) is 4. The van der Waals surface area contributed by atoms with Crippen LogP contribution in [-0.2, 0) is 11.3 Å².